The van der Waals surface area contributed by atoms with Crippen molar-refractivity contribution < 1.29 is 32.2 Å². The van der Waals surface area contributed by atoms with Crippen molar-refractivity contribution >= 4 is 38.7 Å². The first kappa shape index (κ1) is 32.9. The number of benzene rings is 2. The average molecular weight is 632 g/mol. The number of aliphatic hydroxyl groups excluding tert-OH is 1. The van der Waals surface area contributed by atoms with Gasteiger partial charge in [0.05, 0.1) is 45.6 Å². The largest absolute Gasteiger partial charge is 0.477 e. The van der Waals surface area contributed by atoms with Crippen LogP contribution in [0, 0.1) is 29.0 Å². The minimum absolute atomic E-state index is 0.0559. The summed E-state index contributed by atoms with van der Waals surface area (Å²) in [6.07, 6.45) is -4.31. The summed E-state index contributed by atoms with van der Waals surface area (Å²) < 4.78 is 61.5. The highest BCUT2D eigenvalue weighted by Crippen LogP contribution is 2.39. The number of hydrogen-bond donors (Lipinski definition) is 4. The number of anilines is 2. The van der Waals surface area contributed by atoms with E-state index in [1.807, 2.05) is 6.07 Å². The smallest absolute Gasteiger partial charge is 0.393 e. The molecule has 0 saturated carbocycles. The second kappa shape index (κ2) is 14.6. The van der Waals surface area contributed by atoms with E-state index >= 15 is 0 Å². The van der Waals surface area contributed by atoms with E-state index in [2.05, 4.69) is 32.7 Å². The predicted octanol–water partition coefficient (Wildman–Crippen LogP) is 5.13. The number of β-amino-alcohol motifs (C(OH)–C–C–N with tert-alkyl or cyclic N) is 1. The summed E-state index contributed by atoms with van der Waals surface area (Å²) in [5, 5.41) is 27.8. The predicted molar refractivity (Wildman–Crippen MR) is 163 cm³/mol. The number of nitrogens with zero attached hydrogens (tertiary/aromatic N) is 2. The minimum atomic E-state index is -4.44. The molecule has 13 heteroatoms. The van der Waals surface area contributed by atoms with Crippen LogP contribution in [0.15, 0.2) is 30.3 Å². The first-order valence-corrected chi connectivity index (χ1v) is 14.9. The molecule has 1 amide bonds. The molecular weight excluding hydrogens is 598 g/mol. The number of carbonyl (C=O) groups excluding carboxylic acids is 1. The topological polar surface area (TPSA) is 110 Å². The summed E-state index contributed by atoms with van der Waals surface area (Å²) in [6.45, 7) is 3.57. The highest BCUT2D eigenvalue weighted by atomic mass is 32.1. The number of alkyl halides is 3. The van der Waals surface area contributed by atoms with E-state index in [-0.39, 0.29) is 46.6 Å². The van der Waals surface area contributed by atoms with Crippen LogP contribution >= 0.6 is 11.3 Å². The summed E-state index contributed by atoms with van der Waals surface area (Å²) in [4.78, 5) is 14.4. The zero-order chi connectivity index (χ0) is 31.9. The monoisotopic (exact) mass is 631 g/mol. The van der Waals surface area contributed by atoms with Crippen molar-refractivity contribution in [1.29, 1.82) is 5.26 Å². The summed E-state index contributed by atoms with van der Waals surface area (Å²) in [5.74, 6) is 4.25. The molecule has 8 nitrogen and oxygen atoms in total. The number of nitriles is 1. The first-order valence-electron chi connectivity index (χ1n) is 14.0. The fourth-order valence-electron chi connectivity index (χ4n) is 5.11. The van der Waals surface area contributed by atoms with Gasteiger partial charge in [-0.05, 0) is 42.8 Å². The third kappa shape index (κ3) is 8.53. The van der Waals surface area contributed by atoms with E-state index in [0.29, 0.717) is 16.6 Å². The lowest BCUT2D eigenvalue weighted by Gasteiger charge is -2.33. The molecule has 1 unspecified atom stereocenters. The maximum atomic E-state index is 14.6. The maximum Gasteiger partial charge on any atom is 0.393 e. The fraction of sp³-hybridized carbons (Fsp3) is 0.419. The van der Waals surface area contributed by atoms with Crippen LogP contribution in [0.2, 0.25) is 0 Å². The third-order valence-corrected chi connectivity index (χ3v) is 8.26. The first-order chi connectivity index (χ1) is 21.0. The lowest BCUT2D eigenvalue weighted by atomic mass is 10.0. The zero-order valence-electron chi connectivity index (χ0n) is 24.3. The molecule has 2 heterocycles. The SMILES string of the molecule is CNC(=O)c1cc(OCC#N)c(NCC#Cc2sc3c(NC4CCN(CC(C)O)CC4)cccc3c2CC(F)(F)F)cc1F. The standard InChI is InChI=1S/C31H33F4N5O3S/c1-19(41)18-40-12-8-20(9-13-40)39-25-6-3-5-21-23(17-31(33,34)35)28(44-29(21)25)7-4-11-38-26-16-24(32)22(30(42)37-2)15-27(26)43-14-10-36/h3,5-6,15-16,19-20,38-39,41H,8-9,11-14,17-18H2,1-2H3,(H,37,42). The van der Waals surface area contributed by atoms with Crippen LogP contribution in [0.3, 0.4) is 0 Å². The van der Waals surface area contributed by atoms with E-state index in [0.717, 1.165) is 37.7 Å². The van der Waals surface area contributed by atoms with Crippen LogP contribution < -0.4 is 20.7 Å². The van der Waals surface area contributed by atoms with Crippen molar-refractivity contribution in [3.8, 4) is 23.7 Å². The summed E-state index contributed by atoms with van der Waals surface area (Å²) in [5.41, 5.74) is 0.716. The van der Waals surface area contributed by atoms with E-state index in [1.54, 1.807) is 25.1 Å². The Kier molecular flexibility index (Phi) is 10.9. The van der Waals surface area contributed by atoms with Crippen molar-refractivity contribution in [2.45, 2.75) is 44.5 Å². The van der Waals surface area contributed by atoms with Gasteiger partial charge in [-0.1, -0.05) is 24.0 Å². The van der Waals surface area contributed by atoms with E-state index in [4.69, 9.17) is 10.00 Å². The fourth-order valence-corrected chi connectivity index (χ4v) is 6.28. The molecule has 1 aromatic heterocycles. The number of amides is 1. The van der Waals surface area contributed by atoms with Crippen LogP contribution in [0.5, 0.6) is 5.75 Å². The van der Waals surface area contributed by atoms with Crippen molar-refractivity contribution in [1.82, 2.24) is 10.2 Å². The molecule has 0 bridgehead atoms. The van der Waals surface area contributed by atoms with Crippen LogP contribution in [0.1, 0.15) is 40.6 Å². The number of ether oxygens (including phenoxy) is 1. The highest BCUT2D eigenvalue weighted by Gasteiger charge is 2.31. The minimum Gasteiger partial charge on any atom is -0.477 e. The van der Waals surface area contributed by atoms with Gasteiger partial charge in [0.15, 0.2) is 6.61 Å². The molecule has 0 radical (unpaired) electrons. The number of rotatable bonds is 10. The normalized spacial score (nSPS) is 14.8. The molecule has 1 saturated heterocycles. The number of thiophene rings is 1. The molecule has 1 fully saturated rings. The average Bonchev–Trinajstić information content (AvgIpc) is 3.31. The summed E-state index contributed by atoms with van der Waals surface area (Å²) >= 11 is 1.19. The lowest BCUT2D eigenvalue weighted by molar-refractivity contribution is -0.126. The third-order valence-electron chi connectivity index (χ3n) is 7.07. The highest BCUT2D eigenvalue weighted by molar-refractivity contribution is 7.20. The van der Waals surface area contributed by atoms with Crippen molar-refractivity contribution in [2.24, 2.45) is 0 Å². The molecule has 3 aromatic rings. The number of hydrogen-bond acceptors (Lipinski definition) is 8. The number of fused-ring (bicyclic) bond motifs is 1. The maximum absolute atomic E-state index is 14.6. The van der Waals surface area contributed by atoms with Crippen LogP contribution in [-0.4, -0.2) is 74.1 Å². The molecule has 2 aromatic carbocycles. The quantitative estimate of drug-likeness (QED) is 0.182. The van der Waals surface area contributed by atoms with Gasteiger partial charge in [0, 0.05) is 38.8 Å². The van der Waals surface area contributed by atoms with Crippen molar-refractivity contribution in [2.75, 3.05) is 50.5 Å². The van der Waals surface area contributed by atoms with E-state index in [1.165, 1.54) is 24.5 Å². The van der Waals surface area contributed by atoms with Crippen LogP contribution in [0.4, 0.5) is 28.9 Å². The Labute approximate surface area is 257 Å². The van der Waals surface area contributed by atoms with Gasteiger partial charge in [-0.15, -0.1) is 11.3 Å². The molecule has 1 aliphatic heterocycles. The molecule has 0 spiro atoms. The van der Waals surface area contributed by atoms with Gasteiger partial charge in [0.25, 0.3) is 5.91 Å². The number of aliphatic hydroxyl groups is 1. The van der Waals surface area contributed by atoms with Gasteiger partial charge in [-0.3, -0.25) is 4.79 Å². The Balaban J connectivity index is 1.57. The Hall–Kier alpha value is -4.04. The molecule has 44 heavy (non-hydrogen) atoms. The van der Waals surface area contributed by atoms with Gasteiger partial charge in [0.2, 0.25) is 0 Å². The van der Waals surface area contributed by atoms with Gasteiger partial charge in [0.1, 0.15) is 17.6 Å². The number of likely N-dealkylation sites (tertiary alicyclic amines) is 1. The second-order valence-corrected chi connectivity index (χ2v) is 11.5. The molecule has 4 N–H and O–H groups in total. The number of piperidine rings is 1. The van der Waals surface area contributed by atoms with E-state index < -0.39 is 30.4 Å². The molecule has 0 aliphatic carbocycles. The molecule has 234 valence electrons. The zero-order valence-corrected chi connectivity index (χ0v) is 25.1. The number of nitrogens with one attached hydrogen (secondary N) is 3. The van der Waals surface area contributed by atoms with Crippen molar-refractivity contribution in [3.63, 3.8) is 0 Å². The number of carbonyl (C=O) groups is 1. The molecular formula is C31H33F4N5O3S. The Bertz CT molecular complexity index is 1580. The van der Waals surface area contributed by atoms with E-state index in [9.17, 15) is 27.5 Å². The van der Waals surface area contributed by atoms with Gasteiger partial charge in [-0.25, -0.2) is 4.39 Å². The molecule has 1 aliphatic rings. The van der Waals surface area contributed by atoms with Crippen LogP contribution in [-0.2, 0) is 6.42 Å². The van der Waals surface area contributed by atoms with Gasteiger partial charge < -0.3 is 30.7 Å². The van der Waals surface area contributed by atoms with Gasteiger partial charge >= 0.3 is 6.18 Å². The Morgan fingerprint density at radius 2 is 2.00 bits per heavy atom. The van der Waals surface area contributed by atoms with Crippen molar-refractivity contribution in [3.05, 3.63) is 52.2 Å². The Morgan fingerprint density at radius 1 is 1.25 bits per heavy atom. The number of halogens is 4. The summed E-state index contributed by atoms with van der Waals surface area (Å²) in [6, 6.07) is 9.42. The Morgan fingerprint density at radius 3 is 2.66 bits per heavy atom. The lowest BCUT2D eigenvalue weighted by Crippen LogP contribution is -2.41. The van der Waals surface area contributed by atoms with Gasteiger partial charge in [-0.2, -0.15) is 18.4 Å². The molecule has 1 atom stereocenters. The summed E-state index contributed by atoms with van der Waals surface area (Å²) in [7, 11) is 1.35. The molecule has 4 rings (SSSR count). The van der Waals surface area contributed by atoms with Crippen LogP contribution in [0.25, 0.3) is 10.1 Å². The second-order valence-electron chi connectivity index (χ2n) is 10.5.